The number of anilines is 3. The number of hydrogen-bond acceptors (Lipinski definition) is 7. The zero-order chi connectivity index (χ0) is 24.9. The summed E-state index contributed by atoms with van der Waals surface area (Å²) in [6.45, 7) is 10.1. The Labute approximate surface area is 202 Å². The Bertz CT molecular complexity index is 1020. The normalized spacial score (nSPS) is 13.9. The first-order valence-electron chi connectivity index (χ1n) is 11.8. The van der Waals surface area contributed by atoms with Crippen molar-refractivity contribution in [3.8, 4) is 0 Å². The highest BCUT2D eigenvalue weighted by atomic mass is 16.6. The first-order valence-corrected chi connectivity index (χ1v) is 11.8. The highest BCUT2D eigenvalue weighted by Crippen LogP contribution is 2.27. The number of rotatable bonds is 7. The van der Waals surface area contributed by atoms with Crippen LogP contribution in [0.1, 0.15) is 50.0 Å². The van der Waals surface area contributed by atoms with Crippen molar-refractivity contribution < 1.29 is 14.3 Å². The largest absolute Gasteiger partial charge is 0.444 e. The van der Waals surface area contributed by atoms with Crippen LogP contribution in [0.3, 0.4) is 0 Å². The molecule has 1 aliphatic rings. The lowest BCUT2D eigenvalue weighted by molar-refractivity contribution is 0.0297. The molecule has 0 saturated carbocycles. The van der Waals surface area contributed by atoms with E-state index < -0.39 is 5.60 Å². The van der Waals surface area contributed by atoms with Gasteiger partial charge in [0, 0.05) is 52.2 Å². The summed E-state index contributed by atoms with van der Waals surface area (Å²) in [7, 11) is 3.69. The van der Waals surface area contributed by atoms with Crippen molar-refractivity contribution in [2.75, 3.05) is 55.4 Å². The molecule has 3 rings (SSSR count). The van der Waals surface area contributed by atoms with Crippen LogP contribution in [-0.4, -0.2) is 72.7 Å². The lowest BCUT2D eigenvalue weighted by atomic mass is 10.1. The van der Waals surface area contributed by atoms with Crippen LogP contribution in [0.4, 0.5) is 22.2 Å². The van der Waals surface area contributed by atoms with Crippen LogP contribution >= 0.6 is 0 Å². The number of nitrogens with zero attached hydrogens (tertiary/aromatic N) is 5. The zero-order valence-corrected chi connectivity index (χ0v) is 21.1. The van der Waals surface area contributed by atoms with Gasteiger partial charge in [-0.05, 0) is 58.2 Å². The van der Waals surface area contributed by atoms with Crippen LogP contribution in [0.25, 0.3) is 0 Å². The Balaban J connectivity index is 1.69. The monoisotopic (exact) mass is 468 g/mol. The Morgan fingerprint density at radius 2 is 2.03 bits per heavy atom. The number of likely N-dealkylation sites (N-methyl/N-ethyl adjacent to an activating group) is 1. The van der Waals surface area contributed by atoms with Crippen molar-refractivity contribution >= 4 is 29.5 Å². The molecule has 1 aliphatic heterocycles. The molecule has 0 unspecified atom stereocenters. The molecule has 0 radical (unpaired) electrons. The zero-order valence-electron chi connectivity index (χ0n) is 21.1. The van der Waals surface area contributed by atoms with E-state index in [1.807, 2.05) is 63.9 Å². The summed E-state index contributed by atoms with van der Waals surface area (Å²) in [5, 5.41) is 3.10. The fraction of sp³-hybridized carbons (Fsp3) is 0.520. The molecule has 0 fully saturated rings. The van der Waals surface area contributed by atoms with E-state index in [0.29, 0.717) is 43.5 Å². The second-order valence-electron chi connectivity index (χ2n) is 9.51. The van der Waals surface area contributed by atoms with E-state index in [1.165, 1.54) is 0 Å². The molecule has 0 spiro atoms. The molecule has 9 heteroatoms. The van der Waals surface area contributed by atoms with Gasteiger partial charge >= 0.3 is 6.09 Å². The van der Waals surface area contributed by atoms with Crippen LogP contribution in [0, 0.1) is 0 Å². The van der Waals surface area contributed by atoms with Gasteiger partial charge < -0.3 is 24.8 Å². The molecule has 2 heterocycles. The van der Waals surface area contributed by atoms with E-state index in [4.69, 9.17) is 4.74 Å². The molecule has 2 amide bonds. The number of benzene rings is 1. The van der Waals surface area contributed by atoms with Crippen LogP contribution in [0.2, 0.25) is 0 Å². The molecule has 0 saturated heterocycles. The second-order valence-corrected chi connectivity index (χ2v) is 9.51. The Morgan fingerprint density at radius 1 is 1.26 bits per heavy atom. The van der Waals surface area contributed by atoms with Gasteiger partial charge in [0.25, 0.3) is 5.91 Å². The Hall–Kier alpha value is -3.36. The van der Waals surface area contributed by atoms with Crippen LogP contribution in [0.15, 0.2) is 30.5 Å². The molecule has 1 aromatic carbocycles. The first kappa shape index (κ1) is 25.3. The van der Waals surface area contributed by atoms with Gasteiger partial charge in [0.05, 0.1) is 0 Å². The lowest BCUT2D eigenvalue weighted by Crippen LogP contribution is -2.34. The number of aryl methyl sites for hydroxylation is 1. The molecule has 0 bridgehead atoms. The van der Waals surface area contributed by atoms with Gasteiger partial charge in [-0.15, -0.1) is 0 Å². The van der Waals surface area contributed by atoms with Crippen molar-refractivity contribution in [3.05, 3.63) is 41.6 Å². The summed E-state index contributed by atoms with van der Waals surface area (Å²) in [6, 6.07) is 8.01. The topological polar surface area (TPSA) is 90.9 Å². The molecule has 1 aromatic heterocycles. The van der Waals surface area contributed by atoms with E-state index in [-0.39, 0.29) is 12.0 Å². The van der Waals surface area contributed by atoms with Crippen molar-refractivity contribution in [2.45, 2.75) is 46.1 Å². The predicted molar refractivity (Wildman–Crippen MR) is 135 cm³/mol. The number of aromatic nitrogens is 2. The van der Waals surface area contributed by atoms with Gasteiger partial charge in [0.1, 0.15) is 17.0 Å². The predicted octanol–water partition coefficient (Wildman–Crippen LogP) is 3.80. The van der Waals surface area contributed by atoms with Gasteiger partial charge in [-0.3, -0.25) is 4.79 Å². The Kier molecular flexibility index (Phi) is 7.96. The maximum Gasteiger partial charge on any atom is 0.410 e. The van der Waals surface area contributed by atoms with Crippen molar-refractivity contribution in [1.29, 1.82) is 0 Å². The minimum Gasteiger partial charge on any atom is -0.444 e. The number of ether oxygens (including phenoxy) is 1. The summed E-state index contributed by atoms with van der Waals surface area (Å²) in [5.41, 5.74) is 1.94. The number of fused-ring (bicyclic) bond motifs is 1. The number of amides is 2. The van der Waals surface area contributed by atoms with Gasteiger partial charge in [0.2, 0.25) is 5.95 Å². The van der Waals surface area contributed by atoms with Crippen LogP contribution in [0.5, 0.6) is 0 Å². The maximum atomic E-state index is 13.4. The summed E-state index contributed by atoms with van der Waals surface area (Å²) in [5.74, 6) is 1.05. The lowest BCUT2D eigenvalue weighted by Gasteiger charge is -2.24. The summed E-state index contributed by atoms with van der Waals surface area (Å²) >= 11 is 0. The molecule has 184 valence electrons. The van der Waals surface area contributed by atoms with Gasteiger partial charge in [0.15, 0.2) is 0 Å². The molecular weight excluding hydrogens is 432 g/mol. The second kappa shape index (κ2) is 10.7. The van der Waals surface area contributed by atoms with Crippen molar-refractivity contribution in [2.24, 2.45) is 0 Å². The fourth-order valence-electron chi connectivity index (χ4n) is 3.74. The molecular formula is C25H36N6O3. The molecule has 9 nitrogen and oxygen atoms in total. The van der Waals surface area contributed by atoms with E-state index in [2.05, 4.69) is 15.3 Å². The quantitative estimate of drug-likeness (QED) is 0.661. The molecule has 0 atom stereocenters. The summed E-state index contributed by atoms with van der Waals surface area (Å²) in [6.07, 6.45) is 2.86. The number of nitrogens with one attached hydrogen (secondary N) is 1. The third-order valence-corrected chi connectivity index (χ3v) is 5.49. The van der Waals surface area contributed by atoms with Crippen LogP contribution in [-0.2, 0) is 11.2 Å². The highest BCUT2D eigenvalue weighted by Gasteiger charge is 2.28. The minimum absolute atomic E-state index is 0.107. The molecule has 0 aliphatic carbocycles. The van der Waals surface area contributed by atoms with Gasteiger partial charge in [-0.25, -0.2) is 9.78 Å². The standard InChI is InChI=1S/C25H36N6O3/c1-7-26-23-27-17-20-21(28-23)29(5)14-15-31(22(20)32)19-12-8-10-18(16-19)11-9-13-30(6)24(33)34-25(2,3)4/h8,10,12,16-17H,7,9,11,13-15H2,1-6H3,(H,26,27,28). The van der Waals surface area contributed by atoms with E-state index in [1.54, 1.807) is 23.0 Å². The van der Waals surface area contributed by atoms with E-state index >= 15 is 0 Å². The summed E-state index contributed by atoms with van der Waals surface area (Å²) in [4.78, 5) is 39.8. The Morgan fingerprint density at radius 3 is 2.74 bits per heavy atom. The summed E-state index contributed by atoms with van der Waals surface area (Å²) < 4.78 is 5.41. The SMILES string of the molecule is CCNc1ncc2c(n1)N(C)CCN(c1cccc(CCCN(C)C(=O)OC(C)(C)C)c1)C2=O. The average Bonchev–Trinajstić information content (AvgIpc) is 2.89. The van der Waals surface area contributed by atoms with Gasteiger partial charge in [-0.2, -0.15) is 4.98 Å². The third-order valence-electron chi connectivity index (χ3n) is 5.49. The smallest absolute Gasteiger partial charge is 0.410 e. The van der Waals surface area contributed by atoms with Crippen molar-refractivity contribution in [3.63, 3.8) is 0 Å². The third kappa shape index (κ3) is 6.36. The van der Waals surface area contributed by atoms with Crippen molar-refractivity contribution in [1.82, 2.24) is 14.9 Å². The first-order chi connectivity index (χ1) is 16.1. The number of hydrogen-bond donors (Lipinski definition) is 1. The van der Waals surface area contributed by atoms with Crippen LogP contribution < -0.4 is 15.1 Å². The highest BCUT2D eigenvalue weighted by molar-refractivity contribution is 6.09. The number of carbonyl (C=O) groups is 2. The molecule has 1 N–H and O–H groups in total. The fourth-order valence-corrected chi connectivity index (χ4v) is 3.74. The van der Waals surface area contributed by atoms with E-state index in [9.17, 15) is 9.59 Å². The molecule has 2 aromatic rings. The number of carbonyl (C=O) groups excluding carboxylic acids is 2. The maximum absolute atomic E-state index is 13.4. The average molecular weight is 469 g/mol. The minimum atomic E-state index is -0.509. The molecule has 34 heavy (non-hydrogen) atoms. The van der Waals surface area contributed by atoms with Gasteiger partial charge in [-0.1, -0.05) is 12.1 Å². The van der Waals surface area contributed by atoms with E-state index in [0.717, 1.165) is 24.1 Å².